The number of hydrogen-bond donors (Lipinski definition) is 1. The summed E-state index contributed by atoms with van der Waals surface area (Å²) in [4.78, 5) is 2.31. The van der Waals surface area contributed by atoms with E-state index < -0.39 is 0 Å². The standard InChI is InChI=1S/C7H14N2/c8-4-3-7-9-5-1-2-6-9/h3,7H,1-2,4-6,8H2. The Hall–Kier alpha value is -0.500. The third-order valence-corrected chi connectivity index (χ3v) is 1.59. The molecule has 0 aromatic carbocycles. The molecule has 0 atom stereocenters. The first-order valence-corrected chi connectivity index (χ1v) is 3.54. The Labute approximate surface area is 56.3 Å². The molecule has 0 aromatic rings. The second kappa shape index (κ2) is 3.51. The zero-order valence-electron chi connectivity index (χ0n) is 5.71. The maximum absolute atomic E-state index is 5.29. The highest BCUT2D eigenvalue weighted by molar-refractivity contribution is 4.85. The molecular formula is C7H14N2. The number of nitrogens with zero attached hydrogens (tertiary/aromatic N) is 1. The summed E-state index contributed by atoms with van der Waals surface area (Å²) in [5.74, 6) is 0. The van der Waals surface area contributed by atoms with E-state index >= 15 is 0 Å². The van der Waals surface area contributed by atoms with E-state index in [0.717, 1.165) is 0 Å². The first-order valence-electron chi connectivity index (χ1n) is 3.54. The van der Waals surface area contributed by atoms with E-state index in [2.05, 4.69) is 11.1 Å². The molecule has 1 rings (SSSR count). The quantitative estimate of drug-likeness (QED) is 0.585. The van der Waals surface area contributed by atoms with Gasteiger partial charge in [-0.1, -0.05) is 6.08 Å². The van der Waals surface area contributed by atoms with Crippen LogP contribution in [0, 0.1) is 0 Å². The van der Waals surface area contributed by atoms with Gasteiger partial charge in [-0.3, -0.25) is 0 Å². The fourth-order valence-corrected chi connectivity index (χ4v) is 1.10. The van der Waals surface area contributed by atoms with E-state index in [0.29, 0.717) is 6.54 Å². The summed E-state index contributed by atoms with van der Waals surface area (Å²) in [7, 11) is 0. The summed E-state index contributed by atoms with van der Waals surface area (Å²) in [6, 6.07) is 0. The Morgan fingerprint density at radius 3 is 2.56 bits per heavy atom. The SMILES string of the molecule is NCC=CN1CCCC1. The minimum absolute atomic E-state index is 0.663. The number of likely N-dealkylation sites (tertiary alicyclic amines) is 1. The van der Waals surface area contributed by atoms with Crippen LogP contribution in [-0.2, 0) is 0 Å². The van der Waals surface area contributed by atoms with Crippen molar-refractivity contribution in [2.75, 3.05) is 19.6 Å². The van der Waals surface area contributed by atoms with Gasteiger partial charge in [0.15, 0.2) is 0 Å². The average Bonchev–Trinajstić information content (AvgIpc) is 2.34. The van der Waals surface area contributed by atoms with Gasteiger partial charge in [0.25, 0.3) is 0 Å². The van der Waals surface area contributed by atoms with E-state index in [1.54, 1.807) is 0 Å². The van der Waals surface area contributed by atoms with E-state index in [1.807, 2.05) is 6.08 Å². The third-order valence-electron chi connectivity index (χ3n) is 1.59. The fourth-order valence-electron chi connectivity index (χ4n) is 1.10. The van der Waals surface area contributed by atoms with Crippen LogP contribution in [0.25, 0.3) is 0 Å². The van der Waals surface area contributed by atoms with Crippen molar-refractivity contribution in [1.29, 1.82) is 0 Å². The Balaban J connectivity index is 2.18. The molecule has 1 aliphatic heterocycles. The van der Waals surface area contributed by atoms with Gasteiger partial charge in [0.1, 0.15) is 0 Å². The van der Waals surface area contributed by atoms with Crippen LogP contribution < -0.4 is 5.73 Å². The second-order valence-corrected chi connectivity index (χ2v) is 2.36. The number of hydrogen-bond acceptors (Lipinski definition) is 2. The van der Waals surface area contributed by atoms with Crippen LogP contribution in [0.3, 0.4) is 0 Å². The first-order chi connectivity index (χ1) is 4.43. The van der Waals surface area contributed by atoms with Gasteiger partial charge in [-0.15, -0.1) is 0 Å². The number of rotatable bonds is 2. The van der Waals surface area contributed by atoms with Gasteiger partial charge in [-0.2, -0.15) is 0 Å². The molecule has 1 heterocycles. The molecule has 0 saturated carbocycles. The van der Waals surface area contributed by atoms with Crippen molar-refractivity contribution in [3.05, 3.63) is 12.3 Å². The van der Waals surface area contributed by atoms with Gasteiger partial charge in [0.05, 0.1) is 0 Å². The maximum Gasteiger partial charge on any atom is 0.0173 e. The molecule has 9 heavy (non-hydrogen) atoms. The molecule has 0 spiro atoms. The molecule has 0 radical (unpaired) electrons. The summed E-state index contributed by atoms with van der Waals surface area (Å²) < 4.78 is 0. The zero-order valence-corrected chi connectivity index (χ0v) is 5.71. The molecule has 1 aliphatic rings. The molecule has 0 aromatic heterocycles. The van der Waals surface area contributed by atoms with E-state index in [-0.39, 0.29) is 0 Å². The topological polar surface area (TPSA) is 29.3 Å². The highest BCUT2D eigenvalue weighted by Crippen LogP contribution is 2.06. The maximum atomic E-state index is 5.29. The van der Waals surface area contributed by atoms with Crippen LogP contribution in [0.4, 0.5) is 0 Å². The predicted molar refractivity (Wildman–Crippen MR) is 39.0 cm³/mol. The monoisotopic (exact) mass is 126 g/mol. The minimum atomic E-state index is 0.663. The largest absolute Gasteiger partial charge is 0.378 e. The summed E-state index contributed by atoms with van der Waals surface area (Å²) in [6.45, 7) is 3.10. The molecule has 0 amide bonds. The molecule has 2 heteroatoms. The van der Waals surface area contributed by atoms with Crippen molar-refractivity contribution < 1.29 is 0 Å². The average molecular weight is 126 g/mol. The Kier molecular flexibility index (Phi) is 2.58. The van der Waals surface area contributed by atoms with Gasteiger partial charge in [-0.25, -0.2) is 0 Å². The van der Waals surface area contributed by atoms with Crippen LogP contribution in [0.15, 0.2) is 12.3 Å². The van der Waals surface area contributed by atoms with Gasteiger partial charge in [0.2, 0.25) is 0 Å². The van der Waals surface area contributed by atoms with Gasteiger partial charge >= 0.3 is 0 Å². The van der Waals surface area contributed by atoms with E-state index in [1.165, 1.54) is 25.9 Å². The molecule has 1 fully saturated rings. The smallest absolute Gasteiger partial charge is 0.0173 e. The van der Waals surface area contributed by atoms with Gasteiger partial charge in [0, 0.05) is 19.6 Å². The molecule has 52 valence electrons. The zero-order chi connectivity index (χ0) is 6.53. The van der Waals surface area contributed by atoms with Crippen molar-refractivity contribution in [2.45, 2.75) is 12.8 Å². The molecule has 0 bridgehead atoms. The Bertz CT molecular complexity index is 93.1. The molecular weight excluding hydrogens is 112 g/mol. The Morgan fingerprint density at radius 1 is 1.33 bits per heavy atom. The molecule has 2 nitrogen and oxygen atoms in total. The van der Waals surface area contributed by atoms with Crippen LogP contribution in [0.1, 0.15) is 12.8 Å². The first kappa shape index (κ1) is 6.62. The summed E-state index contributed by atoms with van der Waals surface area (Å²) in [5, 5.41) is 0. The number of nitrogens with two attached hydrogens (primary N) is 1. The van der Waals surface area contributed by atoms with Crippen molar-refractivity contribution in [2.24, 2.45) is 5.73 Å². The molecule has 0 aliphatic carbocycles. The molecule has 1 saturated heterocycles. The predicted octanol–water partition coefficient (Wildman–Crippen LogP) is 0.555. The van der Waals surface area contributed by atoms with Crippen molar-refractivity contribution in [3.63, 3.8) is 0 Å². The highest BCUT2D eigenvalue weighted by Gasteiger charge is 2.04. The van der Waals surface area contributed by atoms with Crippen molar-refractivity contribution in [1.82, 2.24) is 4.90 Å². The van der Waals surface area contributed by atoms with Gasteiger partial charge < -0.3 is 10.6 Å². The lowest BCUT2D eigenvalue weighted by molar-refractivity contribution is 0.467. The van der Waals surface area contributed by atoms with E-state index in [9.17, 15) is 0 Å². The van der Waals surface area contributed by atoms with Crippen molar-refractivity contribution >= 4 is 0 Å². The lowest BCUT2D eigenvalue weighted by Crippen LogP contribution is -2.11. The van der Waals surface area contributed by atoms with Crippen LogP contribution in [0.2, 0.25) is 0 Å². The minimum Gasteiger partial charge on any atom is -0.378 e. The van der Waals surface area contributed by atoms with E-state index in [4.69, 9.17) is 5.73 Å². The fraction of sp³-hybridized carbons (Fsp3) is 0.714. The third kappa shape index (κ3) is 2.06. The summed E-state index contributed by atoms with van der Waals surface area (Å²) >= 11 is 0. The molecule has 0 unspecified atom stereocenters. The molecule has 2 N–H and O–H groups in total. The van der Waals surface area contributed by atoms with Crippen LogP contribution in [0.5, 0.6) is 0 Å². The normalized spacial score (nSPS) is 19.9. The summed E-state index contributed by atoms with van der Waals surface area (Å²) in [6.07, 6.45) is 6.79. The second-order valence-electron chi connectivity index (χ2n) is 2.36. The van der Waals surface area contributed by atoms with Crippen LogP contribution in [-0.4, -0.2) is 24.5 Å². The van der Waals surface area contributed by atoms with Gasteiger partial charge in [-0.05, 0) is 19.0 Å². The Morgan fingerprint density at radius 2 is 2.00 bits per heavy atom. The van der Waals surface area contributed by atoms with Crippen LogP contribution >= 0.6 is 0 Å². The lowest BCUT2D eigenvalue weighted by Gasteiger charge is -2.08. The van der Waals surface area contributed by atoms with Crippen molar-refractivity contribution in [3.8, 4) is 0 Å². The summed E-state index contributed by atoms with van der Waals surface area (Å²) in [5.41, 5.74) is 5.29. The lowest BCUT2D eigenvalue weighted by atomic mass is 10.4. The highest BCUT2D eigenvalue weighted by atomic mass is 15.1.